The van der Waals surface area contributed by atoms with Crippen molar-refractivity contribution in [3.8, 4) is 5.75 Å². The summed E-state index contributed by atoms with van der Waals surface area (Å²) < 4.78 is 44.0. The van der Waals surface area contributed by atoms with Crippen LogP contribution in [-0.4, -0.2) is 21.8 Å². The average molecular weight is 338 g/mol. The van der Waals surface area contributed by atoms with Gasteiger partial charge >= 0.3 is 0 Å². The van der Waals surface area contributed by atoms with Crippen LogP contribution in [0.2, 0.25) is 0 Å². The van der Waals surface area contributed by atoms with Crippen LogP contribution in [0.1, 0.15) is 18.5 Å². The summed E-state index contributed by atoms with van der Waals surface area (Å²) in [6, 6.07) is 11.2. The molecule has 0 aliphatic rings. The molecular formula is C16H19FN2O3S. The molecule has 0 fully saturated rings. The Morgan fingerprint density at radius 3 is 2.48 bits per heavy atom. The van der Waals surface area contributed by atoms with Gasteiger partial charge in [-0.25, -0.2) is 12.8 Å². The van der Waals surface area contributed by atoms with Crippen molar-refractivity contribution in [2.24, 2.45) is 0 Å². The molecule has 1 unspecified atom stereocenters. The number of hydrogen-bond donors (Lipinski definition) is 2. The van der Waals surface area contributed by atoms with Crippen molar-refractivity contribution in [3.05, 3.63) is 53.8 Å². The summed E-state index contributed by atoms with van der Waals surface area (Å²) in [5.74, 6) is 0.0935. The normalized spacial score (nSPS) is 12.5. The molecule has 2 aromatic rings. The Balaban J connectivity index is 2.23. The van der Waals surface area contributed by atoms with Crippen molar-refractivity contribution in [1.29, 1.82) is 0 Å². The fraction of sp³-hybridized carbons (Fsp3) is 0.250. The summed E-state index contributed by atoms with van der Waals surface area (Å²) in [6.07, 6.45) is 1.07. The number of anilines is 2. The van der Waals surface area contributed by atoms with Crippen molar-refractivity contribution >= 4 is 21.4 Å². The number of nitrogens with one attached hydrogen (secondary N) is 2. The van der Waals surface area contributed by atoms with E-state index < -0.39 is 10.0 Å². The van der Waals surface area contributed by atoms with Gasteiger partial charge in [-0.15, -0.1) is 0 Å². The highest BCUT2D eigenvalue weighted by Crippen LogP contribution is 2.30. The van der Waals surface area contributed by atoms with Crippen LogP contribution in [0.4, 0.5) is 15.8 Å². The van der Waals surface area contributed by atoms with Gasteiger partial charge in [0.1, 0.15) is 11.6 Å². The highest BCUT2D eigenvalue weighted by Gasteiger charge is 2.13. The van der Waals surface area contributed by atoms with Crippen LogP contribution in [0.3, 0.4) is 0 Å². The second-order valence-electron chi connectivity index (χ2n) is 5.18. The van der Waals surface area contributed by atoms with E-state index in [-0.39, 0.29) is 11.9 Å². The molecule has 0 aliphatic carbocycles. The Kier molecular flexibility index (Phi) is 5.10. The van der Waals surface area contributed by atoms with Gasteiger partial charge in [-0.3, -0.25) is 4.72 Å². The number of halogens is 1. The summed E-state index contributed by atoms with van der Waals surface area (Å²) in [6.45, 7) is 1.84. The van der Waals surface area contributed by atoms with E-state index in [1.807, 2.05) is 6.92 Å². The maximum Gasteiger partial charge on any atom is 0.229 e. The summed E-state index contributed by atoms with van der Waals surface area (Å²) >= 11 is 0. The molecule has 0 amide bonds. The Morgan fingerprint density at radius 1 is 1.17 bits per heavy atom. The van der Waals surface area contributed by atoms with E-state index in [9.17, 15) is 12.8 Å². The van der Waals surface area contributed by atoms with Gasteiger partial charge in [0.05, 0.1) is 25.1 Å². The predicted molar refractivity (Wildman–Crippen MR) is 89.9 cm³/mol. The molecule has 2 aromatic carbocycles. The highest BCUT2D eigenvalue weighted by molar-refractivity contribution is 7.92. The van der Waals surface area contributed by atoms with Crippen LogP contribution in [0.15, 0.2) is 42.5 Å². The molecule has 0 spiro atoms. The predicted octanol–water partition coefficient (Wildman–Crippen LogP) is 3.38. The largest absolute Gasteiger partial charge is 0.494 e. The van der Waals surface area contributed by atoms with Crippen molar-refractivity contribution in [1.82, 2.24) is 0 Å². The summed E-state index contributed by atoms with van der Waals surface area (Å²) in [4.78, 5) is 0. The average Bonchev–Trinajstić information content (AvgIpc) is 2.47. The van der Waals surface area contributed by atoms with Gasteiger partial charge < -0.3 is 10.1 Å². The zero-order valence-corrected chi connectivity index (χ0v) is 13.9. The molecule has 0 aromatic heterocycles. The smallest absolute Gasteiger partial charge is 0.229 e. The van der Waals surface area contributed by atoms with Gasteiger partial charge in [-0.2, -0.15) is 0 Å². The minimum absolute atomic E-state index is 0.255. The second-order valence-corrected chi connectivity index (χ2v) is 6.93. The van der Waals surface area contributed by atoms with Gasteiger partial charge in [-0.05, 0) is 25.1 Å². The summed E-state index contributed by atoms with van der Waals surface area (Å²) in [5, 5.41) is 3.17. The third-order valence-corrected chi connectivity index (χ3v) is 3.84. The second kappa shape index (κ2) is 6.87. The van der Waals surface area contributed by atoms with E-state index in [4.69, 9.17) is 4.74 Å². The van der Waals surface area contributed by atoms with Crippen molar-refractivity contribution < 1.29 is 17.5 Å². The Hall–Kier alpha value is -2.28. The Morgan fingerprint density at radius 2 is 1.87 bits per heavy atom. The Labute approximate surface area is 135 Å². The zero-order valence-electron chi connectivity index (χ0n) is 13.1. The fourth-order valence-electron chi connectivity index (χ4n) is 2.22. The number of hydrogen-bond acceptors (Lipinski definition) is 4. The first-order valence-corrected chi connectivity index (χ1v) is 8.86. The molecule has 2 N–H and O–H groups in total. The maximum absolute atomic E-state index is 13.8. The molecule has 124 valence electrons. The van der Waals surface area contributed by atoms with E-state index in [1.54, 1.807) is 36.4 Å². The molecule has 0 bridgehead atoms. The number of rotatable bonds is 6. The fourth-order valence-corrected chi connectivity index (χ4v) is 2.79. The van der Waals surface area contributed by atoms with Gasteiger partial charge in [0.25, 0.3) is 0 Å². The van der Waals surface area contributed by atoms with Gasteiger partial charge in [0.15, 0.2) is 0 Å². The number of methoxy groups -OCH3 is 1. The molecule has 1 atom stereocenters. The van der Waals surface area contributed by atoms with E-state index in [0.29, 0.717) is 22.7 Å². The number of sulfonamides is 1. The monoisotopic (exact) mass is 338 g/mol. The minimum atomic E-state index is -3.39. The Bertz CT molecular complexity index is 794. The standard InChI is InChI=1S/C16H19FN2O3S/c1-11(13-6-4-5-7-14(13)17)18-12-8-9-15(16(10-12)22-2)19-23(3,20)21/h4-11,18-19H,1-3H3. The third kappa shape index (κ3) is 4.59. The van der Waals surface area contributed by atoms with Gasteiger partial charge in [0, 0.05) is 17.3 Å². The number of ether oxygens (including phenoxy) is 1. The van der Waals surface area contributed by atoms with E-state index >= 15 is 0 Å². The molecule has 0 saturated heterocycles. The van der Waals surface area contributed by atoms with Gasteiger partial charge in [-0.1, -0.05) is 18.2 Å². The van der Waals surface area contributed by atoms with Crippen molar-refractivity contribution in [2.45, 2.75) is 13.0 Å². The summed E-state index contributed by atoms with van der Waals surface area (Å²) in [5.41, 5.74) is 1.58. The van der Waals surface area contributed by atoms with Crippen LogP contribution >= 0.6 is 0 Å². The van der Waals surface area contributed by atoms with Crippen LogP contribution in [0, 0.1) is 5.82 Å². The zero-order chi connectivity index (χ0) is 17.0. The number of benzene rings is 2. The molecule has 2 rings (SSSR count). The molecule has 0 heterocycles. The van der Waals surface area contributed by atoms with E-state index in [0.717, 1.165) is 6.26 Å². The maximum atomic E-state index is 13.8. The topological polar surface area (TPSA) is 67.4 Å². The highest BCUT2D eigenvalue weighted by atomic mass is 32.2. The van der Waals surface area contributed by atoms with Crippen molar-refractivity contribution in [2.75, 3.05) is 23.4 Å². The molecule has 23 heavy (non-hydrogen) atoms. The lowest BCUT2D eigenvalue weighted by Gasteiger charge is -2.18. The van der Waals surface area contributed by atoms with E-state index in [2.05, 4.69) is 10.0 Å². The lowest BCUT2D eigenvalue weighted by molar-refractivity contribution is 0.417. The van der Waals surface area contributed by atoms with Crippen LogP contribution in [0.25, 0.3) is 0 Å². The minimum Gasteiger partial charge on any atom is -0.494 e. The van der Waals surface area contributed by atoms with Crippen molar-refractivity contribution in [3.63, 3.8) is 0 Å². The lowest BCUT2D eigenvalue weighted by Crippen LogP contribution is -2.11. The molecule has 7 heteroatoms. The molecule has 5 nitrogen and oxygen atoms in total. The van der Waals surface area contributed by atoms with Crippen LogP contribution in [-0.2, 0) is 10.0 Å². The van der Waals surface area contributed by atoms with E-state index in [1.165, 1.54) is 13.2 Å². The third-order valence-electron chi connectivity index (χ3n) is 3.25. The molecule has 0 saturated carbocycles. The first kappa shape index (κ1) is 17.1. The quantitative estimate of drug-likeness (QED) is 0.847. The van der Waals surface area contributed by atoms with Gasteiger partial charge in [0.2, 0.25) is 10.0 Å². The van der Waals surface area contributed by atoms with Crippen LogP contribution < -0.4 is 14.8 Å². The lowest BCUT2D eigenvalue weighted by atomic mass is 10.1. The molecule has 0 aliphatic heterocycles. The molecule has 0 radical (unpaired) electrons. The summed E-state index contributed by atoms with van der Waals surface area (Å²) in [7, 11) is -1.94. The van der Waals surface area contributed by atoms with Crippen LogP contribution in [0.5, 0.6) is 5.75 Å². The molecular weight excluding hydrogens is 319 g/mol. The SMILES string of the molecule is COc1cc(NC(C)c2ccccc2F)ccc1NS(C)(=O)=O. The first-order valence-electron chi connectivity index (χ1n) is 6.97. The first-order chi connectivity index (χ1) is 10.8.